The number of aromatic nitrogens is 1. The summed E-state index contributed by atoms with van der Waals surface area (Å²) in [5, 5.41) is 6.14. The molecule has 4 nitrogen and oxygen atoms in total. The van der Waals surface area contributed by atoms with E-state index >= 15 is 0 Å². The second kappa shape index (κ2) is 5.04. The Hall–Kier alpha value is -1.10. The number of rotatable bonds is 6. The molecular formula is C12H18N2O2S. The van der Waals surface area contributed by atoms with Crippen molar-refractivity contribution in [3.05, 3.63) is 11.1 Å². The summed E-state index contributed by atoms with van der Waals surface area (Å²) in [6.07, 6.45) is 2.85. The molecule has 0 saturated heterocycles. The Bertz CT molecular complexity index is 399. The van der Waals surface area contributed by atoms with Crippen molar-refractivity contribution < 1.29 is 9.53 Å². The normalized spacial score (nSPS) is 16.6. The largest absolute Gasteiger partial charge is 0.466 e. The van der Waals surface area contributed by atoms with Crippen LogP contribution in [0.5, 0.6) is 0 Å². The number of esters is 1. The van der Waals surface area contributed by atoms with Gasteiger partial charge in [-0.3, -0.25) is 4.79 Å². The zero-order valence-corrected chi connectivity index (χ0v) is 11.1. The topological polar surface area (TPSA) is 51.2 Å². The maximum Gasteiger partial charge on any atom is 0.311 e. The van der Waals surface area contributed by atoms with Crippen molar-refractivity contribution in [2.45, 2.75) is 33.1 Å². The third-order valence-electron chi connectivity index (χ3n) is 2.95. The fourth-order valence-corrected chi connectivity index (χ4v) is 2.22. The molecule has 0 amide bonds. The molecular weight excluding hydrogens is 236 g/mol. The van der Waals surface area contributed by atoms with Crippen LogP contribution in [0.25, 0.3) is 0 Å². The number of hydrogen-bond donors (Lipinski definition) is 1. The third kappa shape index (κ3) is 3.70. The van der Waals surface area contributed by atoms with Gasteiger partial charge >= 0.3 is 5.97 Å². The summed E-state index contributed by atoms with van der Waals surface area (Å²) in [5.41, 5.74) is 1.25. The lowest BCUT2D eigenvalue weighted by Crippen LogP contribution is -2.12. The average molecular weight is 254 g/mol. The van der Waals surface area contributed by atoms with Crippen molar-refractivity contribution in [1.29, 1.82) is 0 Å². The van der Waals surface area contributed by atoms with Crippen LogP contribution in [0, 0.1) is 5.41 Å². The van der Waals surface area contributed by atoms with Crippen LogP contribution in [0.3, 0.4) is 0 Å². The van der Waals surface area contributed by atoms with Crippen LogP contribution in [-0.4, -0.2) is 24.1 Å². The molecule has 0 aliphatic heterocycles. The molecule has 1 aliphatic carbocycles. The van der Waals surface area contributed by atoms with E-state index in [1.54, 1.807) is 11.3 Å². The Labute approximate surface area is 105 Å². The average Bonchev–Trinajstić information content (AvgIpc) is 2.85. The van der Waals surface area contributed by atoms with Crippen LogP contribution < -0.4 is 5.32 Å². The van der Waals surface area contributed by atoms with Crippen LogP contribution in [0.4, 0.5) is 5.13 Å². The van der Waals surface area contributed by atoms with E-state index in [1.807, 2.05) is 12.3 Å². The Morgan fingerprint density at radius 1 is 1.65 bits per heavy atom. The summed E-state index contributed by atoms with van der Waals surface area (Å²) >= 11 is 1.55. The maximum absolute atomic E-state index is 11.3. The van der Waals surface area contributed by atoms with Gasteiger partial charge in [-0.25, -0.2) is 4.98 Å². The van der Waals surface area contributed by atoms with Gasteiger partial charge in [0, 0.05) is 11.9 Å². The monoisotopic (exact) mass is 254 g/mol. The maximum atomic E-state index is 11.3. The first-order valence-corrected chi connectivity index (χ1v) is 6.83. The molecule has 1 aromatic rings. The van der Waals surface area contributed by atoms with Gasteiger partial charge in [0.2, 0.25) is 0 Å². The standard InChI is InChI=1S/C12H18N2O2S/c1-3-16-10(15)6-9-7-17-11(14-9)13-8-12(2)4-5-12/h7H,3-6,8H2,1-2H3,(H,13,14). The summed E-state index contributed by atoms with van der Waals surface area (Å²) in [5.74, 6) is -0.210. The molecule has 0 radical (unpaired) electrons. The number of hydrogen-bond acceptors (Lipinski definition) is 5. The van der Waals surface area contributed by atoms with Crippen molar-refractivity contribution in [2.75, 3.05) is 18.5 Å². The van der Waals surface area contributed by atoms with Crippen molar-refractivity contribution in [3.63, 3.8) is 0 Å². The Kier molecular flexibility index (Phi) is 3.66. The molecule has 1 aliphatic rings. The Morgan fingerprint density at radius 3 is 3.06 bits per heavy atom. The number of carbonyl (C=O) groups is 1. The van der Waals surface area contributed by atoms with Crippen LogP contribution in [0.2, 0.25) is 0 Å². The zero-order chi connectivity index (χ0) is 12.3. The van der Waals surface area contributed by atoms with E-state index in [-0.39, 0.29) is 12.4 Å². The predicted octanol–water partition coefficient (Wildman–Crippen LogP) is 2.46. The lowest BCUT2D eigenvalue weighted by molar-refractivity contribution is -0.142. The van der Waals surface area contributed by atoms with Crippen molar-refractivity contribution >= 4 is 22.4 Å². The van der Waals surface area contributed by atoms with E-state index in [0.29, 0.717) is 12.0 Å². The summed E-state index contributed by atoms with van der Waals surface area (Å²) in [7, 11) is 0. The number of nitrogens with zero attached hydrogens (tertiary/aromatic N) is 1. The van der Waals surface area contributed by atoms with E-state index < -0.39 is 0 Å². The highest BCUT2D eigenvalue weighted by molar-refractivity contribution is 7.13. The number of carbonyl (C=O) groups excluding carboxylic acids is 1. The van der Waals surface area contributed by atoms with Gasteiger partial charge in [0.15, 0.2) is 5.13 Å². The molecule has 1 N–H and O–H groups in total. The number of ether oxygens (including phenoxy) is 1. The predicted molar refractivity (Wildman–Crippen MR) is 68.3 cm³/mol. The fraction of sp³-hybridized carbons (Fsp3) is 0.667. The molecule has 0 aromatic carbocycles. The Balaban J connectivity index is 1.80. The number of nitrogens with one attached hydrogen (secondary N) is 1. The number of anilines is 1. The van der Waals surface area contributed by atoms with Gasteiger partial charge in [0.05, 0.1) is 18.7 Å². The summed E-state index contributed by atoms with van der Waals surface area (Å²) in [6.45, 7) is 5.47. The minimum absolute atomic E-state index is 0.210. The lowest BCUT2D eigenvalue weighted by Gasteiger charge is -2.07. The van der Waals surface area contributed by atoms with E-state index in [2.05, 4.69) is 17.2 Å². The minimum Gasteiger partial charge on any atom is -0.466 e. The van der Waals surface area contributed by atoms with E-state index in [9.17, 15) is 4.79 Å². The zero-order valence-electron chi connectivity index (χ0n) is 10.3. The second-order valence-electron chi connectivity index (χ2n) is 4.79. The van der Waals surface area contributed by atoms with Gasteiger partial charge in [-0.15, -0.1) is 11.3 Å². The molecule has 1 fully saturated rings. The first-order valence-electron chi connectivity index (χ1n) is 5.95. The first-order chi connectivity index (χ1) is 8.11. The summed E-state index contributed by atoms with van der Waals surface area (Å²) < 4.78 is 4.88. The molecule has 17 heavy (non-hydrogen) atoms. The highest BCUT2D eigenvalue weighted by atomic mass is 32.1. The molecule has 1 saturated carbocycles. The van der Waals surface area contributed by atoms with Crippen LogP contribution in [-0.2, 0) is 16.0 Å². The molecule has 5 heteroatoms. The van der Waals surface area contributed by atoms with Gasteiger partial charge in [0.25, 0.3) is 0 Å². The van der Waals surface area contributed by atoms with Crippen molar-refractivity contribution in [1.82, 2.24) is 4.98 Å². The second-order valence-corrected chi connectivity index (χ2v) is 5.65. The third-order valence-corrected chi connectivity index (χ3v) is 3.80. The molecule has 0 bridgehead atoms. The van der Waals surface area contributed by atoms with Gasteiger partial charge in [0.1, 0.15) is 0 Å². The molecule has 94 valence electrons. The highest BCUT2D eigenvalue weighted by Gasteiger charge is 2.36. The van der Waals surface area contributed by atoms with Gasteiger partial charge in [-0.1, -0.05) is 6.92 Å². The van der Waals surface area contributed by atoms with Crippen LogP contribution in [0.1, 0.15) is 32.4 Å². The van der Waals surface area contributed by atoms with E-state index in [4.69, 9.17) is 4.74 Å². The molecule has 0 atom stereocenters. The van der Waals surface area contributed by atoms with Crippen molar-refractivity contribution in [2.24, 2.45) is 5.41 Å². The van der Waals surface area contributed by atoms with Gasteiger partial charge in [-0.2, -0.15) is 0 Å². The number of thiazole rings is 1. The molecule has 1 aromatic heterocycles. The Morgan fingerprint density at radius 2 is 2.41 bits per heavy atom. The smallest absolute Gasteiger partial charge is 0.311 e. The van der Waals surface area contributed by atoms with Gasteiger partial charge in [-0.05, 0) is 25.2 Å². The molecule has 0 spiro atoms. The first kappa shape index (κ1) is 12.4. The molecule has 0 unspecified atom stereocenters. The quantitative estimate of drug-likeness (QED) is 0.792. The highest BCUT2D eigenvalue weighted by Crippen LogP contribution is 2.44. The summed E-state index contributed by atoms with van der Waals surface area (Å²) in [6, 6.07) is 0. The molecule has 2 rings (SSSR count). The molecule has 1 heterocycles. The van der Waals surface area contributed by atoms with Crippen LogP contribution >= 0.6 is 11.3 Å². The van der Waals surface area contributed by atoms with E-state index in [0.717, 1.165) is 17.4 Å². The fourth-order valence-electron chi connectivity index (χ4n) is 1.51. The lowest BCUT2D eigenvalue weighted by atomic mass is 10.1. The van der Waals surface area contributed by atoms with Crippen LogP contribution in [0.15, 0.2) is 5.38 Å². The summed E-state index contributed by atoms with van der Waals surface area (Å²) in [4.78, 5) is 15.6. The van der Waals surface area contributed by atoms with Gasteiger partial charge < -0.3 is 10.1 Å². The SMILES string of the molecule is CCOC(=O)Cc1csc(NCC2(C)CC2)n1. The van der Waals surface area contributed by atoms with Crippen molar-refractivity contribution in [3.8, 4) is 0 Å². The minimum atomic E-state index is -0.210. The van der Waals surface area contributed by atoms with E-state index in [1.165, 1.54) is 12.8 Å².